The number of ether oxygens (including phenoxy) is 4. The van der Waals surface area contributed by atoms with Gasteiger partial charge in [0.05, 0.1) is 14.2 Å². The lowest BCUT2D eigenvalue weighted by Gasteiger charge is -2.32. The topological polar surface area (TPSA) is 66.0 Å². The molecule has 2 atom stereocenters. The lowest BCUT2D eigenvalue weighted by molar-refractivity contribution is -0.137. The van der Waals surface area contributed by atoms with Crippen LogP contribution in [0.4, 0.5) is 0 Å². The van der Waals surface area contributed by atoms with E-state index in [2.05, 4.69) is 5.32 Å². The number of hydrogen-bond acceptors (Lipinski definition) is 5. The van der Waals surface area contributed by atoms with Crippen molar-refractivity contribution in [3.05, 3.63) is 54.1 Å². The van der Waals surface area contributed by atoms with Gasteiger partial charge < -0.3 is 24.3 Å². The fourth-order valence-electron chi connectivity index (χ4n) is 2.80. The number of carbonyl (C=O) groups excluding carboxylic acids is 1. The summed E-state index contributed by atoms with van der Waals surface area (Å²) >= 11 is 0. The van der Waals surface area contributed by atoms with Crippen molar-refractivity contribution in [2.24, 2.45) is 0 Å². The van der Waals surface area contributed by atoms with Crippen LogP contribution in [-0.2, 0) is 9.53 Å². The molecule has 1 aliphatic heterocycles. The van der Waals surface area contributed by atoms with E-state index in [1.165, 1.54) is 0 Å². The minimum Gasteiger partial charge on any atom is -0.496 e. The van der Waals surface area contributed by atoms with Crippen molar-refractivity contribution in [2.75, 3.05) is 27.4 Å². The van der Waals surface area contributed by atoms with E-state index in [4.69, 9.17) is 18.9 Å². The summed E-state index contributed by atoms with van der Waals surface area (Å²) in [4.78, 5) is 11.4. The maximum Gasteiger partial charge on any atom is 0.246 e. The Balaban J connectivity index is 1.95. The van der Waals surface area contributed by atoms with Gasteiger partial charge in [0.2, 0.25) is 5.91 Å². The largest absolute Gasteiger partial charge is 0.496 e. The fourth-order valence-corrected chi connectivity index (χ4v) is 2.80. The maximum atomic E-state index is 11.4. The van der Waals surface area contributed by atoms with Gasteiger partial charge in [-0.25, -0.2) is 0 Å². The zero-order chi connectivity index (χ0) is 17.6. The Hall–Kier alpha value is -2.73. The molecule has 0 aromatic heterocycles. The summed E-state index contributed by atoms with van der Waals surface area (Å²) in [6.07, 6.45) is -0.813. The Kier molecular flexibility index (Phi) is 5.40. The first-order valence-electron chi connectivity index (χ1n) is 8.04. The van der Waals surface area contributed by atoms with E-state index in [0.29, 0.717) is 23.8 Å². The summed E-state index contributed by atoms with van der Waals surface area (Å²) in [6.45, 7) is 0.363. The van der Waals surface area contributed by atoms with Gasteiger partial charge in [0.15, 0.2) is 17.6 Å². The molecule has 0 spiro atoms. The predicted octanol–water partition coefficient (Wildman–Crippen LogP) is 2.34. The van der Waals surface area contributed by atoms with Gasteiger partial charge in [-0.3, -0.25) is 4.79 Å². The van der Waals surface area contributed by atoms with Gasteiger partial charge in [0.25, 0.3) is 0 Å². The van der Waals surface area contributed by atoms with Crippen molar-refractivity contribution in [1.82, 2.24) is 5.32 Å². The zero-order valence-electron chi connectivity index (χ0n) is 14.2. The number of carbonyl (C=O) groups is 1. The lowest BCUT2D eigenvalue weighted by atomic mass is 10.0. The van der Waals surface area contributed by atoms with E-state index in [0.717, 1.165) is 5.56 Å². The Labute approximate surface area is 146 Å². The molecule has 1 aliphatic rings. The van der Waals surface area contributed by atoms with Gasteiger partial charge in [-0.05, 0) is 18.2 Å². The second-order valence-corrected chi connectivity index (χ2v) is 5.58. The van der Waals surface area contributed by atoms with E-state index in [9.17, 15) is 4.79 Å². The molecule has 1 N–H and O–H groups in total. The molecule has 0 saturated carbocycles. The molecule has 3 rings (SSSR count). The third-order valence-electron chi connectivity index (χ3n) is 4.04. The van der Waals surface area contributed by atoms with Gasteiger partial charge in [0.1, 0.15) is 18.5 Å². The van der Waals surface area contributed by atoms with Crippen molar-refractivity contribution in [3.8, 4) is 17.2 Å². The van der Waals surface area contributed by atoms with Crippen molar-refractivity contribution < 1.29 is 23.7 Å². The Bertz CT molecular complexity index is 723. The van der Waals surface area contributed by atoms with Crippen LogP contribution in [0.1, 0.15) is 11.7 Å². The predicted molar refractivity (Wildman–Crippen MR) is 92.1 cm³/mol. The minimum atomic E-state index is -0.465. The molecule has 2 unspecified atom stereocenters. The summed E-state index contributed by atoms with van der Waals surface area (Å²) in [5.74, 6) is 1.79. The average Bonchev–Trinajstić information content (AvgIpc) is 2.67. The molecule has 25 heavy (non-hydrogen) atoms. The van der Waals surface area contributed by atoms with Crippen LogP contribution < -0.4 is 19.5 Å². The van der Waals surface area contributed by atoms with Gasteiger partial charge >= 0.3 is 0 Å². The molecule has 0 aliphatic carbocycles. The SMILES string of the molecule is COc1ccccc1OC(c1ccccc1OC)C1CNC(=O)CO1. The Morgan fingerprint density at radius 1 is 1.00 bits per heavy atom. The number of rotatable bonds is 6. The van der Waals surface area contributed by atoms with Crippen LogP contribution in [0, 0.1) is 0 Å². The van der Waals surface area contributed by atoms with Crippen LogP contribution in [0.15, 0.2) is 48.5 Å². The molecule has 0 bridgehead atoms. The number of methoxy groups -OCH3 is 2. The normalized spacial score (nSPS) is 18.2. The molecular weight excluding hydrogens is 322 g/mol. The van der Waals surface area contributed by atoms with Crippen LogP contribution in [0.2, 0.25) is 0 Å². The van der Waals surface area contributed by atoms with E-state index in [1.807, 2.05) is 48.5 Å². The smallest absolute Gasteiger partial charge is 0.246 e. The summed E-state index contributed by atoms with van der Waals surface area (Å²) in [6, 6.07) is 15.0. The Morgan fingerprint density at radius 2 is 1.64 bits per heavy atom. The van der Waals surface area contributed by atoms with Crippen LogP contribution in [0.5, 0.6) is 17.2 Å². The van der Waals surface area contributed by atoms with Crippen LogP contribution in [-0.4, -0.2) is 39.4 Å². The van der Waals surface area contributed by atoms with E-state index in [1.54, 1.807) is 14.2 Å². The third-order valence-corrected chi connectivity index (χ3v) is 4.04. The summed E-state index contributed by atoms with van der Waals surface area (Å²) in [5, 5.41) is 2.82. The first kappa shape index (κ1) is 17.1. The standard InChI is InChI=1S/C19H21NO5/c1-22-14-8-4-3-7-13(14)19(17-11-20-18(21)12-24-17)25-16-10-6-5-9-15(16)23-2/h3-10,17,19H,11-12H2,1-2H3,(H,20,21). The second kappa shape index (κ2) is 7.90. The Morgan fingerprint density at radius 3 is 2.28 bits per heavy atom. The number of benzene rings is 2. The summed E-state index contributed by atoms with van der Waals surface area (Å²) in [5.41, 5.74) is 0.844. The van der Waals surface area contributed by atoms with Crippen LogP contribution >= 0.6 is 0 Å². The molecule has 6 heteroatoms. The van der Waals surface area contributed by atoms with Crippen molar-refractivity contribution >= 4 is 5.91 Å². The zero-order valence-corrected chi connectivity index (χ0v) is 14.2. The first-order valence-corrected chi connectivity index (χ1v) is 8.04. The maximum absolute atomic E-state index is 11.4. The van der Waals surface area contributed by atoms with Gasteiger partial charge in [-0.15, -0.1) is 0 Å². The highest BCUT2D eigenvalue weighted by Crippen LogP contribution is 2.36. The minimum absolute atomic E-state index is 0.00556. The molecule has 1 amide bonds. The number of morpholine rings is 1. The fraction of sp³-hybridized carbons (Fsp3) is 0.316. The highest BCUT2D eigenvalue weighted by molar-refractivity contribution is 5.77. The summed E-state index contributed by atoms with van der Waals surface area (Å²) in [7, 11) is 3.21. The molecule has 1 fully saturated rings. The van der Waals surface area contributed by atoms with E-state index < -0.39 is 6.10 Å². The summed E-state index contributed by atoms with van der Waals surface area (Å²) < 4.78 is 22.8. The highest BCUT2D eigenvalue weighted by Gasteiger charge is 2.32. The van der Waals surface area contributed by atoms with Gasteiger partial charge in [-0.2, -0.15) is 0 Å². The number of nitrogens with one attached hydrogen (secondary N) is 1. The van der Waals surface area contributed by atoms with E-state index in [-0.39, 0.29) is 18.6 Å². The van der Waals surface area contributed by atoms with Gasteiger partial charge in [-0.1, -0.05) is 30.3 Å². The molecule has 6 nitrogen and oxygen atoms in total. The number of para-hydroxylation sites is 3. The third kappa shape index (κ3) is 3.85. The molecule has 2 aromatic carbocycles. The average molecular weight is 343 g/mol. The van der Waals surface area contributed by atoms with Gasteiger partial charge in [0, 0.05) is 12.1 Å². The van der Waals surface area contributed by atoms with Crippen LogP contribution in [0.25, 0.3) is 0 Å². The molecule has 2 aromatic rings. The quantitative estimate of drug-likeness (QED) is 0.872. The van der Waals surface area contributed by atoms with Crippen molar-refractivity contribution in [2.45, 2.75) is 12.2 Å². The molecular formula is C19H21NO5. The van der Waals surface area contributed by atoms with Crippen LogP contribution in [0.3, 0.4) is 0 Å². The van der Waals surface area contributed by atoms with E-state index >= 15 is 0 Å². The molecule has 1 heterocycles. The monoisotopic (exact) mass is 343 g/mol. The first-order chi connectivity index (χ1) is 12.2. The number of amides is 1. The second-order valence-electron chi connectivity index (χ2n) is 5.58. The lowest BCUT2D eigenvalue weighted by Crippen LogP contribution is -2.46. The van der Waals surface area contributed by atoms with Crippen molar-refractivity contribution in [3.63, 3.8) is 0 Å². The highest BCUT2D eigenvalue weighted by atomic mass is 16.6. The molecule has 1 saturated heterocycles. The van der Waals surface area contributed by atoms with Crippen molar-refractivity contribution in [1.29, 1.82) is 0 Å². The molecule has 0 radical (unpaired) electrons. The number of hydrogen-bond donors (Lipinski definition) is 1. The molecule has 132 valence electrons.